The number of sulfonamides is 1. The molecule has 0 saturated carbocycles. The summed E-state index contributed by atoms with van der Waals surface area (Å²) in [7, 11) is -3.71. The van der Waals surface area contributed by atoms with Crippen LogP contribution < -0.4 is 15.0 Å². The van der Waals surface area contributed by atoms with E-state index in [4.69, 9.17) is 11.6 Å². The van der Waals surface area contributed by atoms with Crippen LogP contribution in [0.15, 0.2) is 84.0 Å². The van der Waals surface area contributed by atoms with Crippen molar-refractivity contribution >= 4 is 44.6 Å². The number of hydrogen-bond acceptors (Lipinski definition) is 5. The molecule has 10 heteroatoms. The van der Waals surface area contributed by atoms with E-state index in [1.54, 1.807) is 19.1 Å². The number of fused-ring (bicyclic) bond motifs is 3. The van der Waals surface area contributed by atoms with Gasteiger partial charge in [-0.3, -0.25) is 9.10 Å². The molecule has 0 unspecified atom stereocenters. The zero-order valence-electron chi connectivity index (χ0n) is 21.4. The molecule has 7 nitrogen and oxygen atoms in total. The third kappa shape index (κ3) is 5.84. The van der Waals surface area contributed by atoms with Gasteiger partial charge in [-0.15, -0.1) is 0 Å². The molecule has 2 aliphatic rings. The minimum Gasteiger partial charge on any atom is -0.378 e. The highest BCUT2D eigenvalue weighted by Gasteiger charge is 2.38. The molecule has 1 heterocycles. The number of amides is 1. The molecule has 3 aromatic rings. The van der Waals surface area contributed by atoms with E-state index in [9.17, 15) is 17.6 Å². The molecule has 3 aromatic carbocycles. The van der Waals surface area contributed by atoms with Crippen LogP contribution in [0, 0.1) is 11.7 Å². The number of carbonyl (C=O) groups excluding carboxylic acids is 1. The number of allylic oxidation sites excluding steroid dienone is 2. The summed E-state index contributed by atoms with van der Waals surface area (Å²) in [5.74, 6) is -0.335. The maximum atomic E-state index is 13.5. The van der Waals surface area contributed by atoms with Crippen molar-refractivity contribution in [3.8, 4) is 0 Å². The number of anilines is 2. The summed E-state index contributed by atoms with van der Waals surface area (Å²) >= 11 is 5.91. The van der Waals surface area contributed by atoms with E-state index in [1.807, 2.05) is 24.3 Å². The first-order chi connectivity index (χ1) is 18.6. The fourth-order valence-electron chi connectivity index (χ4n) is 5.20. The number of benzene rings is 3. The molecule has 5 rings (SSSR count). The van der Waals surface area contributed by atoms with Gasteiger partial charge in [0.15, 0.2) is 0 Å². The molecule has 0 saturated heterocycles. The van der Waals surface area contributed by atoms with E-state index in [2.05, 4.69) is 34.1 Å². The molecule has 1 aliphatic heterocycles. The highest BCUT2D eigenvalue weighted by Crippen LogP contribution is 2.50. The van der Waals surface area contributed by atoms with Crippen LogP contribution in [0.3, 0.4) is 0 Å². The van der Waals surface area contributed by atoms with Gasteiger partial charge in [0.2, 0.25) is 10.0 Å². The Morgan fingerprint density at radius 2 is 1.85 bits per heavy atom. The van der Waals surface area contributed by atoms with Gasteiger partial charge >= 0.3 is 0 Å². The second-order valence-electron chi connectivity index (χ2n) is 9.81. The average Bonchev–Trinajstić information content (AvgIpc) is 3.41. The first kappa shape index (κ1) is 26.9. The van der Waals surface area contributed by atoms with Crippen molar-refractivity contribution in [1.82, 2.24) is 5.43 Å². The van der Waals surface area contributed by atoms with Crippen LogP contribution in [0.2, 0.25) is 5.02 Å². The summed E-state index contributed by atoms with van der Waals surface area (Å²) in [6.45, 7) is 1.36. The summed E-state index contributed by atoms with van der Waals surface area (Å²) in [6.07, 6.45) is 6.35. The number of rotatable bonds is 7. The SMILES string of the molecule is C/C(=N/NC(=O)CN(c1ccc(Cl)cc1)S(C)(=O)=O)c1ccc2c(c1)[C@@H]1C=CC[C@@H]1[C@H](c1ccc(F)cc1)N2. The summed E-state index contributed by atoms with van der Waals surface area (Å²) in [6, 6.07) is 18.9. The zero-order valence-corrected chi connectivity index (χ0v) is 23.0. The van der Waals surface area contributed by atoms with Crippen molar-refractivity contribution in [3.05, 3.63) is 106 Å². The Labute approximate surface area is 232 Å². The largest absolute Gasteiger partial charge is 0.378 e. The van der Waals surface area contributed by atoms with Gasteiger partial charge < -0.3 is 5.32 Å². The van der Waals surface area contributed by atoms with Crippen molar-refractivity contribution in [2.75, 3.05) is 22.4 Å². The summed E-state index contributed by atoms with van der Waals surface area (Å²) in [4.78, 5) is 12.7. The Morgan fingerprint density at radius 3 is 2.54 bits per heavy atom. The predicted molar refractivity (Wildman–Crippen MR) is 153 cm³/mol. The third-order valence-corrected chi connectivity index (χ3v) is 8.55. The van der Waals surface area contributed by atoms with Crippen molar-refractivity contribution in [3.63, 3.8) is 0 Å². The molecule has 0 bridgehead atoms. The Hall–Kier alpha value is -3.69. The normalized spacial score (nSPS) is 20.1. The molecule has 202 valence electrons. The molecule has 3 atom stereocenters. The standard InChI is InChI=1S/C29H28ClFN4O3S/c1-18(33-34-28(36)17-35(39(2,37)38)23-13-9-21(30)10-14-23)20-8-15-27-26(16-20)24-4-3-5-25(24)29(32-27)19-6-11-22(31)12-7-19/h3-4,6-16,24-25,29,32H,5,17H2,1-2H3,(H,34,36)/b33-18-/t24-,25+,29+/m1/s1. The van der Waals surface area contributed by atoms with Crippen molar-refractivity contribution in [2.24, 2.45) is 11.0 Å². The average molecular weight is 567 g/mol. The molecular formula is C29H28ClFN4O3S. The van der Waals surface area contributed by atoms with Crippen LogP contribution in [0.4, 0.5) is 15.8 Å². The van der Waals surface area contributed by atoms with Gasteiger partial charge in [-0.25, -0.2) is 18.2 Å². The molecule has 1 aliphatic carbocycles. The topological polar surface area (TPSA) is 90.9 Å². The van der Waals surface area contributed by atoms with E-state index in [1.165, 1.54) is 24.3 Å². The highest BCUT2D eigenvalue weighted by molar-refractivity contribution is 7.92. The monoisotopic (exact) mass is 566 g/mol. The minimum absolute atomic E-state index is 0.0661. The number of nitrogens with one attached hydrogen (secondary N) is 2. The van der Waals surface area contributed by atoms with E-state index in [0.29, 0.717) is 22.3 Å². The van der Waals surface area contributed by atoms with E-state index >= 15 is 0 Å². The molecule has 0 spiro atoms. The lowest BCUT2D eigenvalue weighted by Gasteiger charge is -2.37. The summed E-state index contributed by atoms with van der Waals surface area (Å²) in [5, 5.41) is 8.34. The second-order valence-corrected chi connectivity index (χ2v) is 12.2. The highest BCUT2D eigenvalue weighted by atomic mass is 35.5. The number of halogens is 2. The number of nitrogens with zero attached hydrogens (tertiary/aromatic N) is 2. The van der Waals surface area contributed by atoms with Crippen LogP contribution in [-0.4, -0.2) is 32.8 Å². The maximum Gasteiger partial charge on any atom is 0.260 e. The Balaban J connectivity index is 1.32. The number of hydrogen-bond donors (Lipinski definition) is 2. The molecule has 1 amide bonds. The van der Waals surface area contributed by atoms with Gasteiger partial charge in [-0.1, -0.05) is 42.0 Å². The lowest BCUT2D eigenvalue weighted by molar-refractivity contribution is -0.119. The quantitative estimate of drug-likeness (QED) is 0.221. The Kier molecular flexibility index (Phi) is 7.46. The van der Waals surface area contributed by atoms with Crippen LogP contribution >= 0.6 is 11.6 Å². The lowest BCUT2D eigenvalue weighted by atomic mass is 9.76. The fraction of sp³-hybridized carbons (Fsp3) is 0.241. The molecule has 2 N–H and O–H groups in total. The van der Waals surface area contributed by atoms with Crippen LogP contribution in [-0.2, 0) is 14.8 Å². The minimum atomic E-state index is -3.71. The molecule has 39 heavy (non-hydrogen) atoms. The van der Waals surface area contributed by atoms with E-state index in [0.717, 1.165) is 39.4 Å². The van der Waals surface area contributed by atoms with Gasteiger partial charge in [0, 0.05) is 16.6 Å². The van der Waals surface area contributed by atoms with Crippen molar-refractivity contribution in [2.45, 2.75) is 25.3 Å². The van der Waals surface area contributed by atoms with Crippen LogP contribution in [0.1, 0.15) is 42.0 Å². The first-order valence-corrected chi connectivity index (χ1v) is 14.7. The number of carbonyl (C=O) groups is 1. The van der Waals surface area contributed by atoms with Crippen molar-refractivity contribution in [1.29, 1.82) is 0 Å². The Bertz CT molecular complexity index is 1560. The van der Waals surface area contributed by atoms with E-state index < -0.39 is 22.5 Å². The van der Waals surface area contributed by atoms with Crippen LogP contribution in [0.25, 0.3) is 0 Å². The van der Waals surface area contributed by atoms with Gasteiger partial charge in [-0.05, 0) is 84.5 Å². The third-order valence-electron chi connectivity index (χ3n) is 7.16. The smallest absolute Gasteiger partial charge is 0.260 e. The van der Waals surface area contributed by atoms with E-state index in [-0.39, 0.29) is 17.8 Å². The number of hydrazone groups is 1. The molecule has 0 fully saturated rings. The molecular weight excluding hydrogens is 539 g/mol. The first-order valence-electron chi connectivity index (χ1n) is 12.5. The summed E-state index contributed by atoms with van der Waals surface area (Å²) < 4.78 is 39.1. The van der Waals surface area contributed by atoms with Crippen LogP contribution in [0.5, 0.6) is 0 Å². The predicted octanol–water partition coefficient (Wildman–Crippen LogP) is 5.61. The van der Waals surface area contributed by atoms with Crippen molar-refractivity contribution < 1.29 is 17.6 Å². The zero-order chi connectivity index (χ0) is 27.7. The molecule has 0 radical (unpaired) electrons. The van der Waals surface area contributed by atoms with Gasteiger partial charge in [0.05, 0.1) is 23.7 Å². The van der Waals surface area contributed by atoms with Gasteiger partial charge in [0.25, 0.3) is 5.91 Å². The van der Waals surface area contributed by atoms with Gasteiger partial charge in [-0.2, -0.15) is 5.10 Å². The Morgan fingerprint density at radius 1 is 1.13 bits per heavy atom. The lowest BCUT2D eigenvalue weighted by Crippen LogP contribution is -2.39. The maximum absolute atomic E-state index is 13.5. The fourth-order valence-corrected chi connectivity index (χ4v) is 6.19. The van der Waals surface area contributed by atoms with Gasteiger partial charge in [0.1, 0.15) is 12.4 Å². The molecule has 0 aromatic heterocycles. The second kappa shape index (κ2) is 10.8. The summed E-state index contributed by atoms with van der Waals surface area (Å²) in [5.41, 5.74) is 7.43.